The minimum absolute atomic E-state index is 0.795. The molecule has 3 rings (SSSR count). The van der Waals surface area contributed by atoms with Gasteiger partial charge in [0.1, 0.15) is 0 Å². The summed E-state index contributed by atoms with van der Waals surface area (Å²) in [6.07, 6.45) is 2.67. The number of ether oxygens (including phenoxy) is 1. The van der Waals surface area contributed by atoms with Crippen LogP contribution in [0.15, 0.2) is 24.3 Å². The quantitative estimate of drug-likeness (QED) is 0.709. The van der Waals surface area contributed by atoms with Gasteiger partial charge in [-0.1, -0.05) is 24.3 Å². The lowest BCUT2D eigenvalue weighted by atomic mass is 9.92. The van der Waals surface area contributed by atoms with Crippen LogP contribution >= 0.6 is 0 Å². The molecule has 2 N–H and O–H groups in total. The van der Waals surface area contributed by atoms with E-state index in [-0.39, 0.29) is 0 Å². The number of benzene rings is 1. The zero-order valence-corrected chi connectivity index (χ0v) is 12.4. The molecule has 0 radical (unpaired) electrons. The van der Waals surface area contributed by atoms with Crippen LogP contribution in [0.1, 0.15) is 23.5 Å². The van der Waals surface area contributed by atoms with E-state index in [1.54, 1.807) is 18.2 Å². The molecule has 1 saturated carbocycles. The summed E-state index contributed by atoms with van der Waals surface area (Å²) in [6.45, 7) is 5.00. The molecule has 3 unspecified atom stereocenters. The van der Waals surface area contributed by atoms with Gasteiger partial charge in [-0.15, -0.1) is 0 Å². The second kappa shape index (κ2) is 6.70. The molecular weight excluding hydrogens is 248 g/mol. The molecule has 0 aliphatic heterocycles. The molecule has 0 aromatic heterocycles. The summed E-state index contributed by atoms with van der Waals surface area (Å²) in [5.74, 6) is 2.66. The Morgan fingerprint density at radius 3 is 2.90 bits per heavy atom. The molecule has 20 heavy (non-hydrogen) atoms. The molecule has 0 saturated heterocycles. The summed E-state index contributed by atoms with van der Waals surface area (Å²) in [4.78, 5) is 0. The number of rotatable bonds is 8. The maximum absolute atomic E-state index is 5.01. The highest BCUT2D eigenvalue weighted by molar-refractivity contribution is 5.39. The van der Waals surface area contributed by atoms with Gasteiger partial charge < -0.3 is 15.4 Å². The van der Waals surface area contributed by atoms with E-state index in [1.807, 2.05) is 0 Å². The van der Waals surface area contributed by atoms with Crippen molar-refractivity contribution in [3.05, 3.63) is 35.4 Å². The molecule has 3 nitrogen and oxygen atoms in total. The van der Waals surface area contributed by atoms with Crippen molar-refractivity contribution in [2.45, 2.75) is 18.8 Å². The zero-order valence-electron chi connectivity index (χ0n) is 12.4. The molecule has 2 aliphatic carbocycles. The third kappa shape index (κ3) is 3.05. The Kier molecular flexibility index (Phi) is 4.71. The number of hydrogen-bond donors (Lipinski definition) is 2. The average molecular weight is 274 g/mol. The van der Waals surface area contributed by atoms with E-state index in [4.69, 9.17) is 4.74 Å². The van der Waals surface area contributed by atoms with Crippen LogP contribution in [-0.4, -0.2) is 39.9 Å². The molecule has 1 aromatic carbocycles. The van der Waals surface area contributed by atoms with E-state index in [9.17, 15) is 0 Å². The van der Waals surface area contributed by atoms with Gasteiger partial charge in [0.15, 0.2) is 0 Å². The normalized spacial score (nSPS) is 26.9. The van der Waals surface area contributed by atoms with Crippen molar-refractivity contribution in [2.75, 3.05) is 39.9 Å². The van der Waals surface area contributed by atoms with Gasteiger partial charge in [0.2, 0.25) is 0 Å². The molecule has 110 valence electrons. The summed E-state index contributed by atoms with van der Waals surface area (Å²) in [5.41, 5.74) is 3.23. The Bertz CT molecular complexity index is 435. The van der Waals surface area contributed by atoms with Gasteiger partial charge in [-0.05, 0) is 48.3 Å². The van der Waals surface area contributed by atoms with E-state index < -0.39 is 0 Å². The highest BCUT2D eigenvalue weighted by Crippen LogP contribution is 2.59. The zero-order chi connectivity index (χ0) is 13.8. The van der Waals surface area contributed by atoms with Gasteiger partial charge >= 0.3 is 0 Å². The van der Waals surface area contributed by atoms with Crippen molar-refractivity contribution < 1.29 is 4.74 Å². The number of methoxy groups -OCH3 is 1. The highest BCUT2D eigenvalue weighted by Gasteiger charge is 2.52. The van der Waals surface area contributed by atoms with Crippen LogP contribution in [0.4, 0.5) is 0 Å². The van der Waals surface area contributed by atoms with Crippen molar-refractivity contribution in [3.8, 4) is 0 Å². The lowest BCUT2D eigenvalue weighted by Gasteiger charge is -2.13. The van der Waals surface area contributed by atoms with Crippen LogP contribution in [-0.2, 0) is 11.2 Å². The summed E-state index contributed by atoms with van der Waals surface area (Å²) < 4.78 is 5.01. The van der Waals surface area contributed by atoms with Crippen LogP contribution in [0, 0.1) is 11.8 Å². The van der Waals surface area contributed by atoms with E-state index in [0.29, 0.717) is 0 Å². The maximum atomic E-state index is 5.01. The molecule has 1 aromatic rings. The fraction of sp³-hybridized carbons (Fsp3) is 0.647. The first-order valence-electron chi connectivity index (χ1n) is 7.90. The van der Waals surface area contributed by atoms with Crippen LogP contribution in [0.3, 0.4) is 0 Å². The van der Waals surface area contributed by atoms with Gasteiger partial charge in [-0.2, -0.15) is 0 Å². The first kappa shape index (κ1) is 14.1. The van der Waals surface area contributed by atoms with E-state index in [1.165, 1.54) is 19.4 Å². The molecule has 0 spiro atoms. The Morgan fingerprint density at radius 2 is 2.00 bits per heavy atom. The van der Waals surface area contributed by atoms with Gasteiger partial charge in [0, 0.05) is 26.7 Å². The summed E-state index contributed by atoms with van der Waals surface area (Å²) >= 11 is 0. The van der Waals surface area contributed by atoms with Crippen LogP contribution in [0.5, 0.6) is 0 Å². The number of hydrogen-bond acceptors (Lipinski definition) is 3. The lowest BCUT2D eigenvalue weighted by Crippen LogP contribution is -2.30. The number of fused-ring (bicyclic) bond motifs is 3. The monoisotopic (exact) mass is 274 g/mol. The van der Waals surface area contributed by atoms with E-state index in [0.717, 1.165) is 44.0 Å². The second-order valence-corrected chi connectivity index (χ2v) is 6.04. The smallest absolute Gasteiger partial charge is 0.0587 e. The first-order valence-corrected chi connectivity index (χ1v) is 7.90. The Morgan fingerprint density at radius 1 is 1.15 bits per heavy atom. The summed E-state index contributed by atoms with van der Waals surface area (Å²) in [5, 5.41) is 6.98. The average Bonchev–Trinajstić information content (AvgIpc) is 3.20. The topological polar surface area (TPSA) is 33.3 Å². The molecule has 0 amide bonds. The van der Waals surface area contributed by atoms with Crippen LogP contribution in [0.25, 0.3) is 0 Å². The van der Waals surface area contributed by atoms with Crippen molar-refractivity contribution in [1.29, 1.82) is 0 Å². The van der Waals surface area contributed by atoms with Crippen molar-refractivity contribution >= 4 is 0 Å². The summed E-state index contributed by atoms with van der Waals surface area (Å²) in [6, 6.07) is 9.04. The predicted molar refractivity (Wildman–Crippen MR) is 82.1 cm³/mol. The van der Waals surface area contributed by atoms with Crippen LogP contribution < -0.4 is 10.6 Å². The molecular formula is C17H26N2O. The Labute approximate surface area is 122 Å². The SMILES string of the molecule is COCCNCCNCC1C2CCc3ccccc3C21. The second-order valence-electron chi connectivity index (χ2n) is 6.04. The van der Waals surface area contributed by atoms with Crippen molar-refractivity contribution in [2.24, 2.45) is 11.8 Å². The van der Waals surface area contributed by atoms with Gasteiger partial charge in [0.25, 0.3) is 0 Å². The molecule has 1 fully saturated rings. The Hall–Kier alpha value is -0.900. The fourth-order valence-electron chi connectivity index (χ4n) is 3.73. The molecule has 2 aliphatic rings. The third-order valence-electron chi connectivity index (χ3n) is 4.83. The first-order chi connectivity index (χ1) is 9.92. The predicted octanol–water partition coefficient (Wildman–Crippen LogP) is 1.79. The van der Waals surface area contributed by atoms with Gasteiger partial charge in [-0.3, -0.25) is 0 Å². The van der Waals surface area contributed by atoms with E-state index >= 15 is 0 Å². The molecule has 3 atom stereocenters. The lowest BCUT2D eigenvalue weighted by molar-refractivity contribution is 0.199. The van der Waals surface area contributed by atoms with Crippen molar-refractivity contribution in [3.63, 3.8) is 0 Å². The molecule has 3 heteroatoms. The number of aryl methyl sites for hydroxylation is 1. The highest BCUT2D eigenvalue weighted by atomic mass is 16.5. The number of nitrogens with one attached hydrogen (secondary N) is 2. The van der Waals surface area contributed by atoms with Gasteiger partial charge in [0.05, 0.1) is 6.61 Å². The van der Waals surface area contributed by atoms with Crippen LogP contribution in [0.2, 0.25) is 0 Å². The third-order valence-corrected chi connectivity index (χ3v) is 4.83. The maximum Gasteiger partial charge on any atom is 0.0587 e. The fourth-order valence-corrected chi connectivity index (χ4v) is 3.73. The van der Waals surface area contributed by atoms with Crippen molar-refractivity contribution in [1.82, 2.24) is 10.6 Å². The molecule has 0 bridgehead atoms. The van der Waals surface area contributed by atoms with E-state index in [2.05, 4.69) is 34.9 Å². The standard InChI is InChI=1S/C17H26N2O/c1-20-11-10-18-8-9-19-12-16-15-7-6-13-4-2-3-5-14(13)17(15)16/h2-5,15-19H,6-12H2,1H3. The van der Waals surface area contributed by atoms with Gasteiger partial charge in [-0.25, -0.2) is 0 Å². The minimum atomic E-state index is 0.795. The molecule has 0 heterocycles. The largest absolute Gasteiger partial charge is 0.383 e. The minimum Gasteiger partial charge on any atom is -0.383 e. The summed E-state index contributed by atoms with van der Waals surface area (Å²) in [7, 11) is 1.74. The Balaban J connectivity index is 1.37.